The molecule has 0 amide bonds. The van der Waals surface area contributed by atoms with E-state index in [1.165, 1.54) is 16.2 Å². The molecule has 0 aliphatic heterocycles. The lowest BCUT2D eigenvalue weighted by Crippen LogP contribution is -2.31. The van der Waals surface area contributed by atoms with Crippen LogP contribution in [-0.4, -0.2) is 24.9 Å². The second-order valence-electron chi connectivity index (χ2n) is 6.28. The molecule has 140 valence electrons. The maximum Gasteiger partial charge on any atom is 0.329 e. The predicted molar refractivity (Wildman–Crippen MR) is 109 cm³/mol. The van der Waals surface area contributed by atoms with E-state index in [-0.39, 0.29) is 21.7 Å². The molecular formula is C20H15BrN4O3. The fourth-order valence-corrected chi connectivity index (χ4v) is 3.77. The van der Waals surface area contributed by atoms with E-state index in [9.17, 15) is 14.4 Å². The van der Waals surface area contributed by atoms with Gasteiger partial charge in [-0.15, -0.1) is 0 Å². The summed E-state index contributed by atoms with van der Waals surface area (Å²) >= 11 is 3.37. The lowest BCUT2D eigenvalue weighted by Gasteiger charge is -2.20. The first-order valence-electron chi connectivity index (χ1n) is 8.50. The Kier molecular flexibility index (Phi) is 4.56. The van der Waals surface area contributed by atoms with E-state index in [0.717, 1.165) is 0 Å². The van der Waals surface area contributed by atoms with Crippen molar-refractivity contribution in [3.05, 3.63) is 97.4 Å². The van der Waals surface area contributed by atoms with E-state index in [1.54, 1.807) is 24.3 Å². The Hall–Kier alpha value is -3.26. The van der Waals surface area contributed by atoms with Crippen molar-refractivity contribution in [2.75, 3.05) is 0 Å². The molecule has 0 radical (unpaired) electrons. The van der Waals surface area contributed by atoms with Gasteiger partial charge in [-0.25, -0.2) is 9.78 Å². The topological polar surface area (TPSA) is 89.8 Å². The third-order valence-electron chi connectivity index (χ3n) is 4.59. The van der Waals surface area contributed by atoms with Gasteiger partial charge < -0.3 is 0 Å². The van der Waals surface area contributed by atoms with Gasteiger partial charge in [0.1, 0.15) is 6.04 Å². The molecule has 0 aliphatic carbocycles. The largest absolute Gasteiger partial charge is 0.329 e. The highest BCUT2D eigenvalue weighted by atomic mass is 79.9. The lowest BCUT2D eigenvalue weighted by molar-refractivity contribution is 0.0946. The molecule has 4 aromatic rings. The van der Waals surface area contributed by atoms with E-state index in [0.29, 0.717) is 11.1 Å². The van der Waals surface area contributed by atoms with Crippen LogP contribution >= 0.6 is 15.9 Å². The molecule has 1 N–H and O–H groups in total. The Balaban J connectivity index is 2.05. The number of H-pyrrole nitrogens is 1. The zero-order valence-corrected chi connectivity index (χ0v) is 16.4. The number of ketones is 1. The van der Waals surface area contributed by atoms with Crippen molar-refractivity contribution < 1.29 is 4.79 Å². The van der Waals surface area contributed by atoms with Gasteiger partial charge in [-0.2, -0.15) is 0 Å². The number of fused-ring (bicyclic) bond motifs is 1. The number of halogens is 1. The highest BCUT2D eigenvalue weighted by Crippen LogP contribution is 2.29. The average Bonchev–Trinajstić information content (AvgIpc) is 3.05. The van der Waals surface area contributed by atoms with Crippen molar-refractivity contribution in [1.29, 1.82) is 0 Å². The minimum atomic E-state index is -0.832. The van der Waals surface area contributed by atoms with E-state index < -0.39 is 17.3 Å². The summed E-state index contributed by atoms with van der Waals surface area (Å²) < 4.78 is 3.05. The summed E-state index contributed by atoms with van der Waals surface area (Å²) in [6, 6.07) is 17.2. The molecule has 4 rings (SSSR count). The minimum absolute atomic E-state index is 0.145. The van der Waals surface area contributed by atoms with Crippen molar-refractivity contribution in [3.63, 3.8) is 0 Å². The van der Waals surface area contributed by atoms with Crippen LogP contribution in [0.5, 0.6) is 0 Å². The monoisotopic (exact) mass is 438 g/mol. The molecule has 0 fully saturated rings. The third-order valence-corrected chi connectivity index (χ3v) is 5.15. The number of imidazole rings is 1. The number of hydrogen-bond donors (Lipinski definition) is 1. The van der Waals surface area contributed by atoms with Crippen LogP contribution in [0, 0.1) is 0 Å². The first kappa shape index (κ1) is 18.1. The Morgan fingerprint density at radius 3 is 2.29 bits per heavy atom. The fraction of sp³-hybridized carbons (Fsp3) is 0.100. The number of aromatic amines is 1. The number of carbonyl (C=O) groups excluding carboxylic acids is 1. The predicted octanol–water partition coefficient (Wildman–Crippen LogP) is 2.66. The summed E-state index contributed by atoms with van der Waals surface area (Å²) in [7, 11) is 1.51. The average molecular weight is 439 g/mol. The molecule has 8 heteroatoms. The van der Waals surface area contributed by atoms with Crippen molar-refractivity contribution >= 4 is 32.9 Å². The van der Waals surface area contributed by atoms with Gasteiger partial charge in [-0.05, 0) is 21.5 Å². The van der Waals surface area contributed by atoms with Crippen LogP contribution in [0.3, 0.4) is 0 Å². The summed E-state index contributed by atoms with van der Waals surface area (Å²) in [5.74, 6) is -0.194. The second kappa shape index (κ2) is 7.05. The molecule has 0 bridgehead atoms. The lowest BCUT2D eigenvalue weighted by atomic mass is 9.97. The highest BCUT2D eigenvalue weighted by molar-refractivity contribution is 9.10. The van der Waals surface area contributed by atoms with Gasteiger partial charge in [0.2, 0.25) is 0 Å². The Morgan fingerprint density at radius 1 is 1.04 bits per heavy atom. The summed E-state index contributed by atoms with van der Waals surface area (Å²) in [6.45, 7) is 0. The first-order chi connectivity index (χ1) is 13.5. The number of hydrogen-bond acceptors (Lipinski definition) is 4. The van der Waals surface area contributed by atoms with Gasteiger partial charge in [-0.3, -0.25) is 23.7 Å². The number of rotatable bonds is 4. The standard InChI is InChI=1S/C20H15BrN4O3/c1-24-17-15(18(27)23-20(24)28)25(19(21)22-17)14(12-8-4-2-5-9-12)16(26)13-10-6-3-7-11-13/h2-11,14H,1H3,(H,23,27,28). The third kappa shape index (κ3) is 2.91. The number of nitrogens with one attached hydrogen (secondary N) is 1. The van der Waals surface area contributed by atoms with Gasteiger partial charge in [0.25, 0.3) is 5.56 Å². The van der Waals surface area contributed by atoms with Crippen LogP contribution in [0.25, 0.3) is 11.2 Å². The van der Waals surface area contributed by atoms with E-state index in [4.69, 9.17) is 0 Å². The second-order valence-corrected chi connectivity index (χ2v) is 6.99. The number of aryl methyl sites for hydroxylation is 1. The van der Waals surface area contributed by atoms with E-state index in [1.807, 2.05) is 36.4 Å². The van der Waals surface area contributed by atoms with Crippen molar-refractivity contribution in [2.45, 2.75) is 6.04 Å². The number of nitrogens with zero attached hydrogens (tertiary/aromatic N) is 3. The molecule has 1 atom stereocenters. The molecule has 2 heterocycles. The Morgan fingerprint density at radius 2 is 1.64 bits per heavy atom. The number of carbonyl (C=O) groups is 1. The number of aromatic nitrogens is 4. The summed E-state index contributed by atoms with van der Waals surface area (Å²) in [5.41, 5.74) is 0.379. The highest BCUT2D eigenvalue weighted by Gasteiger charge is 2.29. The SMILES string of the molecule is Cn1c(=O)[nH]c(=O)c2c1nc(Br)n2C(C(=O)c1ccccc1)c1ccccc1. The van der Waals surface area contributed by atoms with Crippen LogP contribution in [0.1, 0.15) is 22.0 Å². The fourth-order valence-electron chi connectivity index (χ4n) is 3.22. The van der Waals surface area contributed by atoms with Crippen molar-refractivity contribution in [3.8, 4) is 0 Å². The van der Waals surface area contributed by atoms with Crippen LogP contribution in [0.15, 0.2) is 75.0 Å². The molecule has 0 spiro atoms. The molecule has 2 aromatic heterocycles. The Bertz CT molecular complexity index is 1290. The van der Waals surface area contributed by atoms with E-state index in [2.05, 4.69) is 25.9 Å². The maximum atomic E-state index is 13.5. The van der Waals surface area contributed by atoms with Gasteiger partial charge in [-0.1, -0.05) is 60.7 Å². The van der Waals surface area contributed by atoms with Gasteiger partial charge >= 0.3 is 5.69 Å². The minimum Gasteiger partial charge on any atom is -0.297 e. The van der Waals surface area contributed by atoms with Gasteiger partial charge in [0, 0.05) is 12.6 Å². The summed E-state index contributed by atoms with van der Waals surface area (Å²) in [5, 5.41) is 0. The van der Waals surface area contributed by atoms with Gasteiger partial charge in [0.05, 0.1) is 0 Å². The van der Waals surface area contributed by atoms with Crippen LogP contribution < -0.4 is 11.2 Å². The maximum absolute atomic E-state index is 13.5. The van der Waals surface area contributed by atoms with Crippen molar-refractivity contribution in [2.24, 2.45) is 7.05 Å². The van der Waals surface area contributed by atoms with Crippen LogP contribution in [-0.2, 0) is 7.05 Å². The molecule has 7 nitrogen and oxygen atoms in total. The molecule has 0 aliphatic rings. The zero-order valence-electron chi connectivity index (χ0n) is 14.8. The van der Waals surface area contributed by atoms with Gasteiger partial charge in [0.15, 0.2) is 21.7 Å². The Labute approximate surface area is 167 Å². The summed E-state index contributed by atoms with van der Waals surface area (Å²) in [4.78, 5) is 44.6. The number of Topliss-reactive ketones (excluding diaryl/α,β-unsaturated/α-hetero) is 1. The normalized spacial score (nSPS) is 12.2. The molecule has 1 unspecified atom stereocenters. The molecule has 0 saturated carbocycles. The van der Waals surface area contributed by atoms with Crippen LogP contribution in [0.4, 0.5) is 0 Å². The van der Waals surface area contributed by atoms with Crippen molar-refractivity contribution in [1.82, 2.24) is 19.1 Å². The zero-order chi connectivity index (χ0) is 19.8. The molecule has 2 aromatic carbocycles. The smallest absolute Gasteiger partial charge is 0.297 e. The van der Waals surface area contributed by atoms with Crippen LogP contribution in [0.2, 0.25) is 0 Å². The summed E-state index contributed by atoms with van der Waals surface area (Å²) in [6.07, 6.45) is 0. The first-order valence-corrected chi connectivity index (χ1v) is 9.29. The molecule has 28 heavy (non-hydrogen) atoms. The molecular weight excluding hydrogens is 424 g/mol. The number of benzene rings is 2. The molecule has 0 saturated heterocycles. The van der Waals surface area contributed by atoms with E-state index >= 15 is 0 Å². The quantitative estimate of drug-likeness (QED) is 0.391.